The summed E-state index contributed by atoms with van der Waals surface area (Å²) in [6.07, 6.45) is 2.10. The van der Waals surface area contributed by atoms with E-state index in [2.05, 4.69) is 67.6 Å². The highest BCUT2D eigenvalue weighted by molar-refractivity contribution is 7.98. The summed E-state index contributed by atoms with van der Waals surface area (Å²) in [6.45, 7) is 3.63. The molecule has 106 valence electrons. The average molecular weight is 286 g/mol. The van der Waals surface area contributed by atoms with Gasteiger partial charge in [-0.3, -0.25) is 0 Å². The molecule has 0 aliphatic rings. The van der Waals surface area contributed by atoms with Crippen molar-refractivity contribution in [1.29, 1.82) is 0 Å². The largest absolute Gasteiger partial charge is 0.370 e. The third kappa shape index (κ3) is 3.17. The van der Waals surface area contributed by atoms with Crippen LogP contribution in [0.1, 0.15) is 16.7 Å². The van der Waals surface area contributed by atoms with Gasteiger partial charge in [0.1, 0.15) is 0 Å². The molecule has 2 rings (SSSR count). The molecule has 2 aromatic rings. The van der Waals surface area contributed by atoms with E-state index in [9.17, 15) is 0 Å². The van der Waals surface area contributed by atoms with Crippen molar-refractivity contribution in [2.75, 3.05) is 18.2 Å². The number of rotatable bonds is 5. The third-order valence-electron chi connectivity index (χ3n) is 3.61. The quantitative estimate of drug-likeness (QED) is 0.847. The second-order valence-corrected chi connectivity index (χ2v) is 5.79. The fourth-order valence-electron chi connectivity index (χ4n) is 2.44. The number of hydrogen-bond donors (Lipinski definition) is 1. The maximum atomic E-state index is 5.95. The summed E-state index contributed by atoms with van der Waals surface area (Å²) in [6, 6.07) is 14.9. The maximum Gasteiger partial charge on any atom is 0.0428 e. The summed E-state index contributed by atoms with van der Waals surface area (Å²) >= 11 is 1.75. The van der Waals surface area contributed by atoms with Crippen molar-refractivity contribution in [1.82, 2.24) is 0 Å². The van der Waals surface area contributed by atoms with Gasteiger partial charge in [-0.2, -0.15) is 0 Å². The molecule has 0 spiro atoms. The fourth-order valence-corrected chi connectivity index (χ4v) is 3.09. The van der Waals surface area contributed by atoms with Crippen molar-refractivity contribution in [2.24, 2.45) is 5.73 Å². The molecule has 2 N–H and O–H groups in total. The highest BCUT2D eigenvalue weighted by Gasteiger charge is 2.11. The van der Waals surface area contributed by atoms with Gasteiger partial charge in [0.25, 0.3) is 0 Å². The topological polar surface area (TPSA) is 29.3 Å². The van der Waals surface area contributed by atoms with E-state index in [0.29, 0.717) is 6.54 Å². The van der Waals surface area contributed by atoms with Crippen LogP contribution in [-0.2, 0) is 13.1 Å². The molecule has 0 saturated carbocycles. The molecule has 2 aromatic carbocycles. The van der Waals surface area contributed by atoms with Crippen LogP contribution in [0.3, 0.4) is 0 Å². The lowest BCUT2D eigenvalue weighted by Gasteiger charge is -2.24. The highest BCUT2D eigenvalue weighted by atomic mass is 32.2. The van der Waals surface area contributed by atoms with Gasteiger partial charge in [0.05, 0.1) is 0 Å². The van der Waals surface area contributed by atoms with E-state index in [0.717, 1.165) is 6.54 Å². The summed E-state index contributed by atoms with van der Waals surface area (Å²) in [5.41, 5.74) is 11.1. The molecule has 0 radical (unpaired) electrons. The molecule has 3 heteroatoms. The summed E-state index contributed by atoms with van der Waals surface area (Å²) in [5.74, 6) is 0. The summed E-state index contributed by atoms with van der Waals surface area (Å²) < 4.78 is 0. The Morgan fingerprint density at radius 2 is 1.85 bits per heavy atom. The van der Waals surface area contributed by atoms with Gasteiger partial charge in [-0.05, 0) is 36.4 Å². The summed E-state index contributed by atoms with van der Waals surface area (Å²) in [7, 11) is 2.13. The first-order valence-electron chi connectivity index (χ1n) is 6.79. The van der Waals surface area contributed by atoms with Crippen molar-refractivity contribution < 1.29 is 0 Å². The number of nitrogens with two attached hydrogens (primary N) is 1. The van der Waals surface area contributed by atoms with E-state index in [1.807, 2.05) is 0 Å². The second-order valence-electron chi connectivity index (χ2n) is 4.94. The standard InChI is InChI=1S/C17H22N2S/c1-13-7-4-5-8-14(13)12-19(2)16-9-6-10-17(20-3)15(16)11-18/h4-10H,11-12,18H2,1-3H3. The Morgan fingerprint density at radius 3 is 2.50 bits per heavy atom. The average Bonchev–Trinajstić information content (AvgIpc) is 2.48. The Hall–Kier alpha value is -1.45. The molecular formula is C17H22N2S. The molecular weight excluding hydrogens is 264 g/mol. The second kappa shape index (κ2) is 6.82. The van der Waals surface area contributed by atoms with E-state index in [4.69, 9.17) is 5.73 Å². The van der Waals surface area contributed by atoms with Crippen LogP contribution in [0.4, 0.5) is 5.69 Å². The van der Waals surface area contributed by atoms with Gasteiger partial charge in [-0.1, -0.05) is 30.3 Å². The van der Waals surface area contributed by atoms with Crippen LogP contribution < -0.4 is 10.6 Å². The normalized spacial score (nSPS) is 10.6. The predicted octanol–water partition coefficient (Wildman–Crippen LogP) is 3.81. The van der Waals surface area contributed by atoms with Crippen LogP contribution in [0.5, 0.6) is 0 Å². The SMILES string of the molecule is CSc1cccc(N(C)Cc2ccccc2C)c1CN. The molecule has 0 amide bonds. The number of hydrogen-bond acceptors (Lipinski definition) is 3. The van der Waals surface area contributed by atoms with Crippen LogP contribution in [-0.4, -0.2) is 13.3 Å². The molecule has 0 heterocycles. The number of aryl methyl sites for hydroxylation is 1. The van der Waals surface area contributed by atoms with Gasteiger partial charge < -0.3 is 10.6 Å². The Labute approximate surface area is 126 Å². The molecule has 0 bridgehead atoms. The number of thioether (sulfide) groups is 1. The fraction of sp³-hybridized carbons (Fsp3) is 0.294. The Morgan fingerprint density at radius 1 is 1.10 bits per heavy atom. The molecule has 2 nitrogen and oxygen atoms in total. The lowest BCUT2D eigenvalue weighted by Crippen LogP contribution is -2.19. The monoisotopic (exact) mass is 286 g/mol. The minimum Gasteiger partial charge on any atom is -0.370 e. The van der Waals surface area contributed by atoms with Crippen LogP contribution >= 0.6 is 11.8 Å². The van der Waals surface area contributed by atoms with Crippen LogP contribution in [0.25, 0.3) is 0 Å². The first-order chi connectivity index (χ1) is 9.67. The zero-order chi connectivity index (χ0) is 14.5. The van der Waals surface area contributed by atoms with Crippen LogP contribution in [0.2, 0.25) is 0 Å². The maximum absolute atomic E-state index is 5.95. The Bertz CT molecular complexity index is 581. The minimum absolute atomic E-state index is 0.574. The molecule has 0 unspecified atom stereocenters. The number of nitrogens with zero attached hydrogens (tertiary/aromatic N) is 1. The van der Waals surface area contributed by atoms with Crippen LogP contribution in [0, 0.1) is 6.92 Å². The van der Waals surface area contributed by atoms with Crippen molar-refractivity contribution in [3.05, 3.63) is 59.2 Å². The van der Waals surface area contributed by atoms with Crippen molar-refractivity contribution in [3.63, 3.8) is 0 Å². The Kier molecular flexibility index (Phi) is 5.10. The molecule has 0 saturated heterocycles. The van der Waals surface area contributed by atoms with Gasteiger partial charge in [-0.15, -0.1) is 11.8 Å². The Balaban J connectivity index is 2.30. The summed E-state index contributed by atoms with van der Waals surface area (Å²) in [4.78, 5) is 3.55. The number of benzene rings is 2. The predicted molar refractivity (Wildman–Crippen MR) is 89.4 cm³/mol. The van der Waals surface area contributed by atoms with Gasteiger partial charge in [0.2, 0.25) is 0 Å². The van der Waals surface area contributed by atoms with E-state index in [1.165, 1.54) is 27.3 Å². The summed E-state index contributed by atoms with van der Waals surface area (Å²) in [5, 5.41) is 0. The van der Waals surface area contributed by atoms with Gasteiger partial charge >= 0.3 is 0 Å². The van der Waals surface area contributed by atoms with E-state index < -0.39 is 0 Å². The molecule has 0 aromatic heterocycles. The zero-order valence-corrected chi connectivity index (χ0v) is 13.2. The molecule has 0 atom stereocenters. The first kappa shape index (κ1) is 14.9. The van der Waals surface area contributed by atoms with Gasteiger partial charge in [0.15, 0.2) is 0 Å². The van der Waals surface area contributed by atoms with Crippen molar-refractivity contribution >= 4 is 17.4 Å². The minimum atomic E-state index is 0.574. The molecule has 0 aliphatic carbocycles. The van der Waals surface area contributed by atoms with Gasteiger partial charge in [-0.25, -0.2) is 0 Å². The molecule has 0 fully saturated rings. The third-order valence-corrected chi connectivity index (χ3v) is 4.43. The van der Waals surface area contributed by atoms with Crippen molar-refractivity contribution in [2.45, 2.75) is 24.9 Å². The van der Waals surface area contributed by atoms with Crippen molar-refractivity contribution in [3.8, 4) is 0 Å². The highest BCUT2D eigenvalue weighted by Crippen LogP contribution is 2.29. The van der Waals surface area contributed by atoms with Crippen LogP contribution in [0.15, 0.2) is 47.4 Å². The number of anilines is 1. The first-order valence-corrected chi connectivity index (χ1v) is 8.01. The van der Waals surface area contributed by atoms with Gasteiger partial charge in [0, 0.05) is 36.3 Å². The lowest BCUT2D eigenvalue weighted by molar-refractivity contribution is 0.888. The smallest absolute Gasteiger partial charge is 0.0428 e. The lowest BCUT2D eigenvalue weighted by atomic mass is 10.1. The van der Waals surface area contributed by atoms with E-state index in [-0.39, 0.29) is 0 Å². The molecule has 20 heavy (non-hydrogen) atoms. The van der Waals surface area contributed by atoms with E-state index >= 15 is 0 Å². The van der Waals surface area contributed by atoms with E-state index in [1.54, 1.807) is 11.8 Å². The zero-order valence-electron chi connectivity index (χ0n) is 12.4. The molecule has 0 aliphatic heterocycles.